The third kappa shape index (κ3) is 2.35. The Balaban J connectivity index is 2.17. The maximum Gasteiger partial charge on any atom is 0.178 e. The van der Waals surface area contributed by atoms with Crippen LogP contribution in [0.25, 0.3) is 11.0 Å². The molecule has 0 amide bonds. The largest absolute Gasteiger partial charge is 0.331 e. The monoisotopic (exact) mass is 323 g/mol. The Morgan fingerprint density at radius 3 is 2.80 bits per heavy atom. The van der Waals surface area contributed by atoms with Gasteiger partial charge in [-0.2, -0.15) is 0 Å². The molecule has 0 aliphatic heterocycles. The molecule has 2 heterocycles. The summed E-state index contributed by atoms with van der Waals surface area (Å²) in [7, 11) is 0. The molecule has 1 N–H and O–H groups in total. The lowest BCUT2D eigenvalue weighted by Crippen LogP contribution is -2.01. The fraction of sp³-hybridized carbons (Fsp3) is 0.143. The fourth-order valence-corrected chi connectivity index (χ4v) is 2.75. The summed E-state index contributed by atoms with van der Waals surface area (Å²) in [6, 6.07) is 5.63. The van der Waals surface area contributed by atoms with E-state index >= 15 is 0 Å². The Morgan fingerprint density at radius 1 is 1.30 bits per heavy atom. The van der Waals surface area contributed by atoms with E-state index in [1.807, 2.05) is 29.8 Å². The van der Waals surface area contributed by atoms with Crippen molar-refractivity contribution in [1.29, 1.82) is 0 Å². The Morgan fingerprint density at radius 2 is 2.05 bits per heavy atom. The van der Waals surface area contributed by atoms with Gasteiger partial charge in [0.15, 0.2) is 4.77 Å². The Hall–Kier alpha value is -1.36. The minimum Gasteiger partial charge on any atom is -0.331 e. The van der Waals surface area contributed by atoms with Crippen LogP contribution in [0.15, 0.2) is 30.6 Å². The van der Waals surface area contributed by atoms with E-state index in [-0.39, 0.29) is 0 Å². The molecule has 0 saturated carbocycles. The second kappa shape index (κ2) is 5.20. The Labute approximate surface area is 131 Å². The first-order valence-corrected chi connectivity index (χ1v) is 7.20. The molecule has 0 aliphatic rings. The fourth-order valence-electron chi connectivity index (χ4n) is 2.16. The van der Waals surface area contributed by atoms with Gasteiger partial charge in [-0.25, -0.2) is 0 Å². The normalized spacial score (nSPS) is 11.2. The third-order valence-corrected chi connectivity index (χ3v) is 4.33. The van der Waals surface area contributed by atoms with E-state index in [1.54, 1.807) is 12.3 Å². The van der Waals surface area contributed by atoms with Crippen LogP contribution in [-0.4, -0.2) is 14.5 Å². The van der Waals surface area contributed by atoms with E-state index in [1.165, 1.54) is 5.56 Å². The van der Waals surface area contributed by atoms with Crippen LogP contribution in [0.4, 0.5) is 0 Å². The molecule has 3 aromatic rings. The van der Waals surface area contributed by atoms with E-state index < -0.39 is 0 Å². The van der Waals surface area contributed by atoms with Crippen molar-refractivity contribution < 1.29 is 0 Å². The molecule has 102 valence electrons. The van der Waals surface area contributed by atoms with Crippen molar-refractivity contribution in [1.82, 2.24) is 14.5 Å². The molecule has 0 radical (unpaired) electrons. The van der Waals surface area contributed by atoms with Gasteiger partial charge >= 0.3 is 0 Å². The number of imidazole rings is 1. The first-order chi connectivity index (χ1) is 9.56. The van der Waals surface area contributed by atoms with Crippen LogP contribution in [0.2, 0.25) is 10.0 Å². The number of aromatic amines is 1. The van der Waals surface area contributed by atoms with Crippen LogP contribution in [0.3, 0.4) is 0 Å². The number of nitrogens with zero attached hydrogens (tertiary/aromatic N) is 2. The number of H-pyrrole nitrogens is 1. The van der Waals surface area contributed by atoms with E-state index in [0.717, 1.165) is 16.6 Å². The molecule has 0 aliphatic carbocycles. The van der Waals surface area contributed by atoms with Gasteiger partial charge in [0.2, 0.25) is 0 Å². The molecule has 0 unspecified atom stereocenters. The van der Waals surface area contributed by atoms with Crippen molar-refractivity contribution in [3.05, 3.63) is 56.5 Å². The highest BCUT2D eigenvalue weighted by molar-refractivity contribution is 7.71. The van der Waals surface area contributed by atoms with Gasteiger partial charge in [-0.05, 0) is 48.5 Å². The second-order valence-electron chi connectivity index (χ2n) is 4.60. The second-order valence-corrected chi connectivity index (χ2v) is 5.80. The number of fused-ring (bicyclic) bond motifs is 1. The summed E-state index contributed by atoms with van der Waals surface area (Å²) in [4.78, 5) is 7.26. The Bertz CT molecular complexity index is 851. The van der Waals surface area contributed by atoms with Gasteiger partial charge in [0.1, 0.15) is 0 Å². The van der Waals surface area contributed by atoms with E-state index in [0.29, 0.717) is 21.4 Å². The van der Waals surface area contributed by atoms with Gasteiger partial charge in [-0.1, -0.05) is 23.2 Å². The van der Waals surface area contributed by atoms with Gasteiger partial charge in [0.25, 0.3) is 0 Å². The molecule has 0 spiro atoms. The summed E-state index contributed by atoms with van der Waals surface area (Å²) in [5.41, 5.74) is 4.13. The van der Waals surface area contributed by atoms with Crippen LogP contribution in [0.5, 0.6) is 0 Å². The highest BCUT2D eigenvalue weighted by Gasteiger charge is 2.09. The van der Waals surface area contributed by atoms with Crippen LogP contribution >= 0.6 is 35.4 Å². The summed E-state index contributed by atoms with van der Waals surface area (Å²) in [6.07, 6.45) is 3.63. The molecule has 0 bridgehead atoms. The molecule has 0 saturated heterocycles. The summed E-state index contributed by atoms with van der Waals surface area (Å²) in [6.45, 7) is 2.70. The number of pyridine rings is 1. The minimum absolute atomic E-state index is 0.516. The lowest BCUT2D eigenvalue weighted by Gasteiger charge is -2.08. The average Bonchev–Trinajstić information content (AvgIpc) is 2.69. The first kappa shape index (κ1) is 13.6. The Kier molecular flexibility index (Phi) is 3.54. The van der Waals surface area contributed by atoms with Gasteiger partial charge in [0.05, 0.1) is 27.6 Å². The van der Waals surface area contributed by atoms with Crippen LogP contribution in [0, 0.1) is 11.7 Å². The number of aryl methyl sites for hydroxylation is 1. The van der Waals surface area contributed by atoms with Crippen molar-refractivity contribution in [2.45, 2.75) is 13.5 Å². The standard InChI is InChI=1S/C14H11Cl2N3S/c1-8-6-17-3-2-9(8)7-19-13-5-11(16)10(15)4-12(13)18-14(19)20/h2-6H,7H2,1H3,(H,18,20). The van der Waals surface area contributed by atoms with Crippen molar-refractivity contribution in [3.8, 4) is 0 Å². The lowest BCUT2D eigenvalue weighted by atomic mass is 10.1. The quantitative estimate of drug-likeness (QED) is 0.690. The number of rotatable bonds is 2. The number of halogens is 2. The zero-order valence-corrected chi connectivity index (χ0v) is 13.0. The predicted octanol–water partition coefficient (Wildman–Crippen LogP) is 4.76. The maximum absolute atomic E-state index is 6.10. The molecule has 0 atom stereocenters. The molecule has 3 rings (SSSR count). The van der Waals surface area contributed by atoms with Gasteiger partial charge in [-0.3, -0.25) is 4.98 Å². The van der Waals surface area contributed by atoms with Gasteiger partial charge < -0.3 is 9.55 Å². The minimum atomic E-state index is 0.516. The summed E-state index contributed by atoms with van der Waals surface area (Å²) in [5.74, 6) is 0. The molecular formula is C14H11Cl2N3S. The number of hydrogen-bond acceptors (Lipinski definition) is 2. The van der Waals surface area contributed by atoms with Crippen LogP contribution < -0.4 is 0 Å². The summed E-state index contributed by atoms with van der Waals surface area (Å²) >= 11 is 17.5. The van der Waals surface area contributed by atoms with E-state index in [9.17, 15) is 0 Å². The van der Waals surface area contributed by atoms with Gasteiger partial charge in [0, 0.05) is 12.4 Å². The van der Waals surface area contributed by atoms with Crippen molar-refractivity contribution >= 4 is 46.5 Å². The summed E-state index contributed by atoms with van der Waals surface area (Å²) < 4.78 is 2.66. The number of nitrogens with one attached hydrogen (secondary N) is 1. The zero-order valence-electron chi connectivity index (χ0n) is 10.7. The van der Waals surface area contributed by atoms with Crippen molar-refractivity contribution in [3.63, 3.8) is 0 Å². The first-order valence-electron chi connectivity index (χ1n) is 6.03. The highest BCUT2D eigenvalue weighted by Crippen LogP contribution is 2.28. The van der Waals surface area contributed by atoms with Gasteiger partial charge in [-0.15, -0.1) is 0 Å². The molecular weight excluding hydrogens is 313 g/mol. The van der Waals surface area contributed by atoms with E-state index in [4.69, 9.17) is 35.4 Å². The topological polar surface area (TPSA) is 33.6 Å². The molecule has 0 fully saturated rings. The van der Waals surface area contributed by atoms with Crippen LogP contribution in [0.1, 0.15) is 11.1 Å². The highest BCUT2D eigenvalue weighted by atomic mass is 35.5. The van der Waals surface area contributed by atoms with Crippen molar-refractivity contribution in [2.24, 2.45) is 0 Å². The maximum atomic E-state index is 6.10. The smallest absolute Gasteiger partial charge is 0.178 e. The summed E-state index contributed by atoms with van der Waals surface area (Å²) in [5, 5.41) is 1.04. The predicted molar refractivity (Wildman–Crippen MR) is 85.2 cm³/mol. The number of benzene rings is 1. The molecule has 3 nitrogen and oxygen atoms in total. The average molecular weight is 324 g/mol. The SMILES string of the molecule is Cc1cnccc1Cn1c(=S)[nH]c2cc(Cl)c(Cl)cc21. The number of aromatic nitrogens is 3. The molecule has 1 aromatic carbocycles. The number of hydrogen-bond donors (Lipinski definition) is 1. The zero-order chi connectivity index (χ0) is 14.3. The lowest BCUT2D eigenvalue weighted by molar-refractivity contribution is 0.803. The van der Waals surface area contributed by atoms with E-state index in [2.05, 4.69) is 9.97 Å². The molecule has 20 heavy (non-hydrogen) atoms. The molecule has 2 aromatic heterocycles. The molecule has 6 heteroatoms. The van der Waals surface area contributed by atoms with Crippen molar-refractivity contribution in [2.75, 3.05) is 0 Å². The third-order valence-electron chi connectivity index (χ3n) is 3.28. The van der Waals surface area contributed by atoms with Crippen LogP contribution in [-0.2, 0) is 6.54 Å².